The van der Waals surface area contributed by atoms with Crippen LogP contribution in [0, 0.1) is 17.4 Å². The van der Waals surface area contributed by atoms with Gasteiger partial charge < -0.3 is 4.90 Å². The normalized spacial score (nSPS) is 11.6. The molecule has 3 nitrogen and oxygen atoms in total. The Balaban J connectivity index is 4.47. The van der Waals surface area contributed by atoms with Crippen LogP contribution in [0.1, 0.15) is 33.6 Å². The average Bonchev–Trinajstić information content (AvgIpc) is 2.28. The molecule has 0 amide bonds. The minimum Gasteiger partial charge on any atom is -0.351 e. The zero-order chi connectivity index (χ0) is 11.7. The average molecular weight is 227 g/mol. The molecule has 0 rings (SSSR count). The predicted molar refractivity (Wildman–Crippen MR) is 67.9 cm³/mol. The molecule has 4 heteroatoms. The second kappa shape index (κ2) is 8.60. The maximum atomic E-state index is 8.58. The SMILES string of the molecule is CCC(CC)CN(CC)C(=NC#N)SC. The lowest BCUT2D eigenvalue weighted by molar-refractivity contribution is 0.339. The Morgan fingerprint density at radius 1 is 1.40 bits per heavy atom. The highest BCUT2D eigenvalue weighted by Gasteiger charge is 2.13. The van der Waals surface area contributed by atoms with Crippen LogP contribution in [0.4, 0.5) is 0 Å². The topological polar surface area (TPSA) is 39.4 Å². The van der Waals surface area contributed by atoms with Crippen molar-refractivity contribution in [2.24, 2.45) is 10.9 Å². The van der Waals surface area contributed by atoms with Crippen LogP contribution in [-0.4, -0.2) is 29.4 Å². The summed E-state index contributed by atoms with van der Waals surface area (Å²) in [6.45, 7) is 8.44. The fourth-order valence-corrected chi connectivity index (χ4v) is 2.08. The second-order valence-corrected chi connectivity index (χ2v) is 4.19. The molecule has 0 saturated carbocycles. The molecule has 0 saturated heterocycles. The Bertz CT molecular complexity index is 228. The van der Waals surface area contributed by atoms with Gasteiger partial charge in [-0.15, -0.1) is 4.99 Å². The van der Waals surface area contributed by atoms with Crippen molar-refractivity contribution in [1.29, 1.82) is 5.26 Å². The summed E-state index contributed by atoms with van der Waals surface area (Å²) in [5.41, 5.74) is 0. The summed E-state index contributed by atoms with van der Waals surface area (Å²) in [5, 5.41) is 9.42. The summed E-state index contributed by atoms with van der Waals surface area (Å²) < 4.78 is 0. The van der Waals surface area contributed by atoms with Crippen molar-refractivity contribution in [2.45, 2.75) is 33.6 Å². The van der Waals surface area contributed by atoms with Crippen molar-refractivity contribution in [2.75, 3.05) is 19.3 Å². The minimum absolute atomic E-state index is 0.695. The second-order valence-electron chi connectivity index (χ2n) is 3.42. The first kappa shape index (κ1) is 14.3. The Labute approximate surface area is 97.6 Å². The molecule has 0 aromatic heterocycles. The van der Waals surface area contributed by atoms with Crippen LogP contribution in [0.5, 0.6) is 0 Å². The van der Waals surface area contributed by atoms with Crippen LogP contribution >= 0.6 is 11.8 Å². The maximum Gasteiger partial charge on any atom is 0.208 e. The van der Waals surface area contributed by atoms with E-state index in [-0.39, 0.29) is 0 Å². The molecule has 0 heterocycles. The fraction of sp³-hybridized carbons (Fsp3) is 0.818. The van der Waals surface area contributed by atoms with Gasteiger partial charge in [0.15, 0.2) is 5.17 Å². The fourth-order valence-electron chi connectivity index (χ4n) is 1.49. The van der Waals surface area contributed by atoms with Gasteiger partial charge in [0.2, 0.25) is 6.19 Å². The van der Waals surface area contributed by atoms with Gasteiger partial charge in [0, 0.05) is 13.1 Å². The van der Waals surface area contributed by atoms with Gasteiger partial charge in [0.05, 0.1) is 0 Å². The number of nitrogens with zero attached hydrogens (tertiary/aromatic N) is 3. The molecule has 0 aromatic rings. The van der Waals surface area contributed by atoms with Crippen molar-refractivity contribution in [3.05, 3.63) is 0 Å². The van der Waals surface area contributed by atoms with Gasteiger partial charge in [-0.3, -0.25) is 0 Å². The molecule has 0 aliphatic carbocycles. The molecule has 0 aliphatic heterocycles. The number of thioether (sulfide) groups is 1. The molecule has 0 spiro atoms. The lowest BCUT2D eigenvalue weighted by Gasteiger charge is -2.26. The molecule has 0 N–H and O–H groups in total. The smallest absolute Gasteiger partial charge is 0.208 e. The molecule has 0 unspecified atom stereocenters. The molecule has 0 bridgehead atoms. The zero-order valence-electron chi connectivity index (χ0n) is 10.2. The molecular formula is C11H21N3S. The first-order chi connectivity index (χ1) is 7.23. The van der Waals surface area contributed by atoms with E-state index in [2.05, 4.69) is 30.7 Å². The van der Waals surface area contributed by atoms with Gasteiger partial charge in [0.25, 0.3) is 0 Å². The van der Waals surface area contributed by atoms with E-state index < -0.39 is 0 Å². The third-order valence-corrected chi connectivity index (χ3v) is 3.33. The van der Waals surface area contributed by atoms with Gasteiger partial charge in [-0.25, -0.2) is 0 Å². The van der Waals surface area contributed by atoms with E-state index in [0.29, 0.717) is 5.92 Å². The Kier molecular flexibility index (Phi) is 8.21. The lowest BCUT2D eigenvalue weighted by Crippen LogP contribution is -2.33. The van der Waals surface area contributed by atoms with E-state index in [4.69, 9.17) is 5.26 Å². The van der Waals surface area contributed by atoms with E-state index in [1.807, 2.05) is 12.4 Å². The molecule has 86 valence electrons. The van der Waals surface area contributed by atoms with Crippen molar-refractivity contribution in [3.63, 3.8) is 0 Å². The molecule has 15 heavy (non-hydrogen) atoms. The standard InChI is InChI=1S/C11H21N3S/c1-5-10(6-2)8-14(7-3)11(15-4)13-9-12/h10H,5-8H2,1-4H3. The quantitative estimate of drug-likeness (QED) is 0.412. The van der Waals surface area contributed by atoms with Gasteiger partial charge in [-0.05, 0) is 19.1 Å². The van der Waals surface area contributed by atoms with Gasteiger partial charge in [-0.1, -0.05) is 38.5 Å². The third-order valence-electron chi connectivity index (χ3n) is 2.61. The number of aliphatic imine (C=N–C) groups is 1. The Morgan fingerprint density at radius 2 is 2.00 bits per heavy atom. The van der Waals surface area contributed by atoms with Crippen molar-refractivity contribution in [1.82, 2.24) is 4.90 Å². The summed E-state index contributed by atoms with van der Waals surface area (Å²) in [6, 6.07) is 0. The molecule has 0 aromatic carbocycles. The minimum atomic E-state index is 0.695. The van der Waals surface area contributed by atoms with Gasteiger partial charge >= 0.3 is 0 Å². The predicted octanol–water partition coefficient (Wildman–Crippen LogP) is 2.94. The molecule has 0 radical (unpaired) electrons. The van der Waals surface area contributed by atoms with Gasteiger partial charge in [0.1, 0.15) is 0 Å². The number of nitriles is 1. The van der Waals surface area contributed by atoms with E-state index in [1.165, 1.54) is 12.8 Å². The van der Waals surface area contributed by atoms with Crippen LogP contribution in [0.3, 0.4) is 0 Å². The van der Waals surface area contributed by atoms with E-state index in [0.717, 1.165) is 18.3 Å². The summed E-state index contributed by atoms with van der Waals surface area (Å²) in [7, 11) is 0. The van der Waals surface area contributed by atoms with Crippen LogP contribution in [-0.2, 0) is 0 Å². The highest BCUT2D eigenvalue weighted by atomic mass is 32.2. The van der Waals surface area contributed by atoms with Crippen LogP contribution in [0.2, 0.25) is 0 Å². The zero-order valence-corrected chi connectivity index (χ0v) is 11.0. The number of amidine groups is 1. The first-order valence-corrected chi connectivity index (χ1v) is 6.71. The highest BCUT2D eigenvalue weighted by molar-refractivity contribution is 8.13. The highest BCUT2D eigenvalue weighted by Crippen LogP contribution is 2.13. The van der Waals surface area contributed by atoms with E-state index in [1.54, 1.807) is 11.8 Å². The van der Waals surface area contributed by atoms with Crippen molar-refractivity contribution in [3.8, 4) is 6.19 Å². The number of hydrogen-bond donors (Lipinski definition) is 0. The largest absolute Gasteiger partial charge is 0.351 e. The Hall–Kier alpha value is -0.690. The summed E-state index contributed by atoms with van der Waals surface area (Å²) >= 11 is 1.54. The third kappa shape index (κ3) is 5.08. The summed E-state index contributed by atoms with van der Waals surface area (Å²) in [5.74, 6) is 0.695. The van der Waals surface area contributed by atoms with Crippen molar-refractivity contribution < 1.29 is 0 Å². The van der Waals surface area contributed by atoms with E-state index >= 15 is 0 Å². The Morgan fingerprint density at radius 3 is 2.33 bits per heavy atom. The molecule has 0 atom stereocenters. The molecular weight excluding hydrogens is 206 g/mol. The van der Waals surface area contributed by atoms with Gasteiger partial charge in [-0.2, -0.15) is 5.26 Å². The summed E-state index contributed by atoms with van der Waals surface area (Å²) in [6.07, 6.45) is 6.20. The van der Waals surface area contributed by atoms with E-state index in [9.17, 15) is 0 Å². The van der Waals surface area contributed by atoms with Crippen molar-refractivity contribution >= 4 is 16.9 Å². The monoisotopic (exact) mass is 227 g/mol. The lowest BCUT2D eigenvalue weighted by atomic mass is 10.0. The number of rotatable bonds is 5. The maximum absolute atomic E-state index is 8.58. The van der Waals surface area contributed by atoms with Crippen LogP contribution in [0.25, 0.3) is 0 Å². The molecule has 0 aliphatic rings. The van der Waals surface area contributed by atoms with Crippen LogP contribution < -0.4 is 0 Å². The molecule has 0 fully saturated rings. The summed E-state index contributed by atoms with van der Waals surface area (Å²) in [4.78, 5) is 6.03. The van der Waals surface area contributed by atoms with Crippen LogP contribution in [0.15, 0.2) is 4.99 Å². The first-order valence-electron chi connectivity index (χ1n) is 5.49. The number of hydrogen-bond acceptors (Lipinski definition) is 3.